The van der Waals surface area contributed by atoms with Crippen LogP contribution in [0, 0.1) is 6.92 Å². The zero-order valence-electron chi connectivity index (χ0n) is 13.5. The Kier molecular flexibility index (Phi) is 5.23. The number of rotatable bonds is 5. The molecule has 1 aromatic carbocycles. The Morgan fingerprint density at radius 3 is 2.52 bits per heavy atom. The van der Waals surface area contributed by atoms with E-state index in [0.717, 1.165) is 50.9 Å². The second-order valence-corrected chi connectivity index (χ2v) is 7.05. The Morgan fingerprint density at radius 1 is 1.09 bits per heavy atom. The molecule has 0 aliphatic carbocycles. The van der Waals surface area contributed by atoms with Crippen molar-refractivity contribution in [1.82, 2.24) is 9.80 Å². The summed E-state index contributed by atoms with van der Waals surface area (Å²) in [7, 11) is 0. The molecule has 2 fully saturated rings. The van der Waals surface area contributed by atoms with Crippen LogP contribution in [0.1, 0.15) is 12.0 Å². The summed E-state index contributed by atoms with van der Waals surface area (Å²) >= 11 is 1.12. The van der Waals surface area contributed by atoms with Gasteiger partial charge in [-0.1, -0.05) is 23.9 Å². The number of aryl methyl sites for hydroxylation is 1. The van der Waals surface area contributed by atoms with Crippen LogP contribution in [0.3, 0.4) is 0 Å². The maximum Gasteiger partial charge on any atom is 0.288 e. The van der Waals surface area contributed by atoms with Gasteiger partial charge in [0.25, 0.3) is 5.24 Å². The van der Waals surface area contributed by atoms with Crippen molar-refractivity contribution in [1.29, 1.82) is 0 Å². The van der Waals surface area contributed by atoms with E-state index in [-0.39, 0.29) is 11.1 Å². The smallest absolute Gasteiger partial charge is 0.288 e. The summed E-state index contributed by atoms with van der Waals surface area (Å²) in [4.78, 5) is 29.3. The lowest BCUT2D eigenvalue weighted by molar-refractivity contribution is -0.124. The SMILES string of the molecule is Cc1cccc(N2CCN(CCCN3C(=O)CSC3=O)CC2)c1. The van der Waals surface area contributed by atoms with E-state index >= 15 is 0 Å². The summed E-state index contributed by atoms with van der Waals surface area (Å²) in [6.07, 6.45) is 0.864. The highest BCUT2D eigenvalue weighted by atomic mass is 32.2. The van der Waals surface area contributed by atoms with Gasteiger partial charge in [-0.05, 0) is 37.6 Å². The van der Waals surface area contributed by atoms with Crippen LogP contribution in [-0.2, 0) is 4.79 Å². The second-order valence-electron chi connectivity index (χ2n) is 6.12. The van der Waals surface area contributed by atoms with Crippen molar-refractivity contribution < 1.29 is 9.59 Å². The molecule has 3 rings (SSSR count). The summed E-state index contributed by atoms with van der Waals surface area (Å²) < 4.78 is 0. The van der Waals surface area contributed by atoms with E-state index in [4.69, 9.17) is 0 Å². The minimum atomic E-state index is -0.0840. The third kappa shape index (κ3) is 4.06. The van der Waals surface area contributed by atoms with Crippen molar-refractivity contribution in [3.63, 3.8) is 0 Å². The number of nitrogens with zero attached hydrogens (tertiary/aromatic N) is 3. The molecule has 0 bridgehead atoms. The first-order valence-electron chi connectivity index (χ1n) is 8.14. The number of anilines is 1. The van der Waals surface area contributed by atoms with E-state index in [2.05, 4.69) is 41.0 Å². The van der Waals surface area contributed by atoms with E-state index in [0.29, 0.717) is 12.3 Å². The highest BCUT2D eigenvalue weighted by Gasteiger charge is 2.29. The van der Waals surface area contributed by atoms with Crippen molar-refractivity contribution in [3.05, 3.63) is 29.8 Å². The zero-order valence-corrected chi connectivity index (χ0v) is 14.3. The molecule has 2 amide bonds. The van der Waals surface area contributed by atoms with Gasteiger partial charge >= 0.3 is 0 Å². The molecule has 0 spiro atoms. The van der Waals surface area contributed by atoms with Crippen LogP contribution >= 0.6 is 11.8 Å². The number of carbonyl (C=O) groups excluding carboxylic acids is 2. The molecule has 0 saturated carbocycles. The van der Waals surface area contributed by atoms with Crippen LogP contribution in [0.5, 0.6) is 0 Å². The topological polar surface area (TPSA) is 43.9 Å². The van der Waals surface area contributed by atoms with Crippen molar-refractivity contribution in [2.24, 2.45) is 0 Å². The Balaban J connectivity index is 1.41. The molecule has 0 aromatic heterocycles. The van der Waals surface area contributed by atoms with Gasteiger partial charge in [0, 0.05) is 38.4 Å². The lowest BCUT2D eigenvalue weighted by Crippen LogP contribution is -2.47. The van der Waals surface area contributed by atoms with E-state index < -0.39 is 0 Å². The first-order chi connectivity index (χ1) is 11.1. The minimum absolute atomic E-state index is 0.0377. The molecule has 2 aliphatic rings. The molecule has 0 atom stereocenters. The molecule has 6 heteroatoms. The van der Waals surface area contributed by atoms with Gasteiger partial charge in [-0.2, -0.15) is 0 Å². The van der Waals surface area contributed by atoms with Gasteiger partial charge in [-0.25, -0.2) is 0 Å². The van der Waals surface area contributed by atoms with E-state index in [1.807, 2.05) is 0 Å². The summed E-state index contributed by atoms with van der Waals surface area (Å²) in [5.41, 5.74) is 2.60. The standard InChI is InChI=1S/C17H23N3O2S/c1-14-4-2-5-15(12-14)19-10-8-18(9-11-19)6-3-7-20-16(21)13-23-17(20)22/h2,4-5,12H,3,6-11,13H2,1H3. The summed E-state index contributed by atoms with van der Waals surface area (Å²) in [6, 6.07) is 8.64. The highest BCUT2D eigenvalue weighted by molar-refractivity contribution is 8.14. The van der Waals surface area contributed by atoms with Gasteiger partial charge in [0.15, 0.2) is 0 Å². The molecular weight excluding hydrogens is 310 g/mol. The number of imide groups is 1. The minimum Gasteiger partial charge on any atom is -0.369 e. The number of hydrogen-bond donors (Lipinski definition) is 0. The largest absolute Gasteiger partial charge is 0.369 e. The predicted octanol–water partition coefficient (Wildman–Crippen LogP) is 2.20. The van der Waals surface area contributed by atoms with Crippen LogP contribution in [0.2, 0.25) is 0 Å². The van der Waals surface area contributed by atoms with E-state index in [9.17, 15) is 9.59 Å². The van der Waals surface area contributed by atoms with Crippen LogP contribution in [0.25, 0.3) is 0 Å². The third-order valence-corrected chi connectivity index (χ3v) is 5.29. The third-order valence-electron chi connectivity index (χ3n) is 4.44. The molecule has 5 nitrogen and oxygen atoms in total. The fourth-order valence-corrected chi connectivity index (χ4v) is 3.86. The van der Waals surface area contributed by atoms with Crippen molar-refractivity contribution in [2.45, 2.75) is 13.3 Å². The van der Waals surface area contributed by atoms with Crippen LogP contribution < -0.4 is 4.90 Å². The van der Waals surface area contributed by atoms with Gasteiger partial charge < -0.3 is 4.90 Å². The van der Waals surface area contributed by atoms with Gasteiger partial charge in [0.1, 0.15) is 0 Å². The predicted molar refractivity (Wildman–Crippen MR) is 94.0 cm³/mol. The van der Waals surface area contributed by atoms with Crippen molar-refractivity contribution in [2.75, 3.05) is 49.9 Å². The maximum atomic E-state index is 11.6. The Labute approximate surface area is 141 Å². The monoisotopic (exact) mass is 333 g/mol. The quantitative estimate of drug-likeness (QED) is 0.826. The molecular formula is C17H23N3O2S. The average molecular weight is 333 g/mol. The number of benzene rings is 1. The summed E-state index contributed by atoms with van der Waals surface area (Å²) in [5.74, 6) is 0.276. The summed E-state index contributed by atoms with van der Waals surface area (Å²) in [6.45, 7) is 7.75. The fourth-order valence-electron chi connectivity index (χ4n) is 3.10. The van der Waals surface area contributed by atoms with Gasteiger partial charge in [-0.15, -0.1) is 0 Å². The molecule has 2 aliphatic heterocycles. The Morgan fingerprint density at radius 2 is 1.87 bits per heavy atom. The van der Waals surface area contributed by atoms with Gasteiger partial charge in [0.05, 0.1) is 5.75 Å². The maximum absolute atomic E-state index is 11.6. The lowest BCUT2D eigenvalue weighted by atomic mass is 10.2. The lowest BCUT2D eigenvalue weighted by Gasteiger charge is -2.36. The molecule has 0 radical (unpaired) electrons. The van der Waals surface area contributed by atoms with Crippen LogP contribution in [-0.4, -0.2) is 66.0 Å². The van der Waals surface area contributed by atoms with Crippen LogP contribution in [0.4, 0.5) is 10.5 Å². The fraction of sp³-hybridized carbons (Fsp3) is 0.529. The number of carbonyl (C=O) groups is 2. The van der Waals surface area contributed by atoms with Crippen molar-refractivity contribution >= 4 is 28.6 Å². The Hall–Kier alpha value is -1.53. The first-order valence-corrected chi connectivity index (χ1v) is 9.13. The molecule has 23 heavy (non-hydrogen) atoms. The molecule has 2 saturated heterocycles. The van der Waals surface area contributed by atoms with Gasteiger partial charge in [0.2, 0.25) is 5.91 Å². The van der Waals surface area contributed by atoms with Gasteiger partial charge in [-0.3, -0.25) is 19.4 Å². The zero-order chi connectivity index (χ0) is 16.2. The normalized spacial score (nSPS) is 19.7. The number of hydrogen-bond acceptors (Lipinski definition) is 5. The van der Waals surface area contributed by atoms with Crippen molar-refractivity contribution in [3.8, 4) is 0 Å². The summed E-state index contributed by atoms with van der Waals surface area (Å²) in [5, 5.41) is -0.0840. The molecule has 1 aromatic rings. The molecule has 0 N–H and O–H groups in total. The van der Waals surface area contributed by atoms with E-state index in [1.54, 1.807) is 0 Å². The second kappa shape index (κ2) is 7.36. The van der Waals surface area contributed by atoms with E-state index in [1.165, 1.54) is 16.2 Å². The first kappa shape index (κ1) is 16.3. The average Bonchev–Trinajstić information content (AvgIpc) is 2.87. The molecule has 2 heterocycles. The highest BCUT2D eigenvalue weighted by Crippen LogP contribution is 2.20. The molecule has 0 unspecified atom stereocenters. The number of piperazine rings is 1. The van der Waals surface area contributed by atoms with Crippen LogP contribution in [0.15, 0.2) is 24.3 Å². The molecule has 124 valence electrons. The number of amides is 2. The number of thioether (sulfide) groups is 1. The Bertz CT molecular complexity index is 569.